The van der Waals surface area contributed by atoms with Crippen LogP contribution in [-0.2, 0) is 6.54 Å². The Hall–Kier alpha value is -0.870. The molecule has 0 bridgehead atoms. The summed E-state index contributed by atoms with van der Waals surface area (Å²) in [5.74, 6) is 0.892. The van der Waals surface area contributed by atoms with E-state index < -0.39 is 5.60 Å². The summed E-state index contributed by atoms with van der Waals surface area (Å²) in [5, 5.41) is 9.65. The molecule has 0 aliphatic carbocycles. The highest BCUT2D eigenvalue weighted by atomic mass is 16.3. The Morgan fingerprint density at radius 2 is 2.42 bits per heavy atom. The third-order valence-electron chi connectivity index (χ3n) is 1.87. The van der Waals surface area contributed by atoms with Gasteiger partial charge in [0, 0.05) is 18.9 Å². The van der Waals surface area contributed by atoms with Gasteiger partial charge in [-0.15, -0.1) is 0 Å². The zero-order chi connectivity index (χ0) is 9.19. The van der Waals surface area contributed by atoms with E-state index in [2.05, 4.69) is 4.98 Å². The molecular formula is C8H15N3O. The fourth-order valence-electron chi connectivity index (χ4n) is 1.00. The molecule has 0 aliphatic rings. The second kappa shape index (κ2) is 3.25. The number of aliphatic hydroxyl groups is 1. The quantitative estimate of drug-likeness (QED) is 0.664. The van der Waals surface area contributed by atoms with Crippen molar-refractivity contribution in [1.82, 2.24) is 9.55 Å². The molecule has 0 amide bonds. The molecule has 12 heavy (non-hydrogen) atoms. The summed E-state index contributed by atoms with van der Waals surface area (Å²) >= 11 is 0. The molecule has 0 saturated carbocycles. The summed E-state index contributed by atoms with van der Waals surface area (Å²) < 4.78 is 1.88. The number of aromatic nitrogens is 2. The SMILES string of the molecule is Cc1nccn1CC(C)(O)CN. The van der Waals surface area contributed by atoms with Crippen LogP contribution in [0.4, 0.5) is 0 Å². The van der Waals surface area contributed by atoms with Crippen molar-refractivity contribution in [3.8, 4) is 0 Å². The molecule has 1 rings (SSSR count). The maximum Gasteiger partial charge on any atom is 0.105 e. The first-order valence-electron chi connectivity index (χ1n) is 3.95. The molecule has 1 atom stereocenters. The molecule has 0 saturated heterocycles. The predicted molar refractivity (Wildman–Crippen MR) is 46.6 cm³/mol. The summed E-state index contributed by atoms with van der Waals surface area (Å²) in [6, 6.07) is 0. The molecule has 0 fully saturated rings. The smallest absolute Gasteiger partial charge is 0.105 e. The van der Waals surface area contributed by atoms with E-state index in [-0.39, 0.29) is 6.54 Å². The van der Waals surface area contributed by atoms with E-state index in [1.807, 2.05) is 17.7 Å². The highest BCUT2D eigenvalue weighted by Crippen LogP contribution is 2.06. The van der Waals surface area contributed by atoms with E-state index in [9.17, 15) is 5.11 Å². The minimum Gasteiger partial charge on any atom is -0.387 e. The van der Waals surface area contributed by atoms with Crippen molar-refractivity contribution in [3.05, 3.63) is 18.2 Å². The number of imidazole rings is 1. The number of hydrogen-bond acceptors (Lipinski definition) is 3. The molecular weight excluding hydrogens is 154 g/mol. The lowest BCUT2D eigenvalue weighted by Gasteiger charge is -2.21. The molecule has 1 unspecified atom stereocenters. The first-order chi connectivity index (χ1) is 5.55. The maximum absolute atomic E-state index is 9.65. The van der Waals surface area contributed by atoms with Crippen molar-refractivity contribution in [2.24, 2.45) is 5.73 Å². The van der Waals surface area contributed by atoms with Gasteiger partial charge in [0.15, 0.2) is 0 Å². The van der Waals surface area contributed by atoms with Crippen LogP contribution >= 0.6 is 0 Å². The molecule has 1 aromatic heterocycles. The minimum atomic E-state index is -0.842. The lowest BCUT2D eigenvalue weighted by Crippen LogP contribution is -2.38. The van der Waals surface area contributed by atoms with Crippen LogP contribution in [0.5, 0.6) is 0 Å². The lowest BCUT2D eigenvalue weighted by atomic mass is 10.1. The molecule has 4 heteroatoms. The normalized spacial score (nSPS) is 16.0. The molecule has 0 aliphatic heterocycles. The Balaban J connectivity index is 2.70. The van der Waals surface area contributed by atoms with Crippen LogP contribution in [0, 0.1) is 6.92 Å². The summed E-state index contributed by atoms with van der Waals surface area (Å²) in [5.41, 5.74) is 4.55. The van der Waals surface area contributed by atoms with Gasteiger partial charge in [-0.25, -0.2) is 4.98 Å². The number of rotatable bonds is 3. The van der Waals surface area contributed by atoms with Gasteiger partial charge in [-0.2, -0.15) is 0 Å². The van der Waals surface area contributed by atoms with E-state index in [0.717, 1.165) is 5.82 Å². The Morgan fingerprint density at radius 3 is 2.83 bits per heavy atom. The highest BCUT2D eigenvalue weighted by molar-refractivity contribution is 4.91. The summed E-state index contributed by atoms with van der Waals surface area (Å²) in [7, 11) is 0. The van der Waals surface area contributed by atoms with Crippen LogP contribution in [0.1, 0.15) is 12.7 Å². The van der Waals surface area contributed by atoms with Gasteiger partial charge in [0.25, 0.3) is 0 Å². The summed E-state index contributed by atoms with van der Waals surface area (Å²) in [4.78, 5) is 4.05. The Labute approximate surface area is 72.0 Å². The van der Waals surface area contributed by atoms with Gasteiger partial charge in [0.05, 0.1) is 12.1 Å². The zero-order valence-electron chi connectivity index (χ0n) is 7.49. The summed E-state index contributed by atoms with van der Waals surface area (Å²) in [6.07, 6.45) is 3.54. The second-order valence-corrected chi connectivity index (χ2v) is 3.30. The van der Waals surface area contributed by atoms with Crippen molar-refractivity contribution in [3.63, 3.8) is 0 Å². The van der Waals surface area contributed by atoms with Crippen molar-refractivity contribution < 1.29 is 5.11 Å². The van der Waals surface area contributed by atoms with Crippen molar-refractivity contribution in [1.29, 1.82) is 0 Å². The van der Waals surface area contributed by atoms with Crippen LogP contribution in [0.2, 0.25) is 0 Å². The van der Waals surface area contributed by atoms with Gasteiger partial charge in [0.2, 0.25) is 0 Å². The third-order valence-corrected chi connectivity index (χ3v) is 1.87. The van der Waals surface area contributed by atoms with Crippen LogP contribution in [0.3, 0.4) is 0 Å². The first-order valence-corrected chi connectivity index (χ1v) is 3.95. The van der Waals surface area contributed by atoms with Crippen molar-refractivity contribution in [2.75, 3.05) is 6.54 Å². The fraction of sp³-hybridized carbons (Fsp3) is 0.625. The van der Waals surface area contributed by atoms with Crippen molar-refractivity contribution in [2.45, 2.75) is 26.0 Å². The van der Waals surface area contributed by atoms with Gasteiger partial charge in [-0.3, -0.25) is 0 Å². The van der Waals surface area contributed by atoms with Crippen LogP contribution in [0.15, 0.2) is 12.4 Å². The van der Waals surface area contributed by atoms with Gasteiger partial charge in [0.1, 0.15) is 5.82 Å². The van der Waals surface area contributed by atoms with E-state index in [1.54, 1.807) is 13.1 Å². The Bertz CT molecular complexity index is 255. The standard InChI is InChI=1S/C8H15N3O/c1-7-10-3-4-11(7)6-8(2,12)5-9/h3-4,12H,5-6,9H2,1-2H3. The average molecular weight is 169 g/mol. The molecule has 0 aromatic carbocycles. The monoisotopic (exact) mass is 169 g/mol. The zero-order valence-corrected chi connectivity index (χ0v) is 7.49. The second-order valence-electron chi connectivity index (χ2n) is 3.30. The minimum absolute atomic E-state index is 0.255. The largest absolute Gasteiger partial charge is 0.387 e. The Kier molecular flexibility index (Phi) is 2.49. The van der Waals surface area contributed by atoms with Gasteiger partial charge in [-0.05, 0) is 13.8 Å². The van der Waals surface area contributed by atoms with Gasteiger partial charge < -0.3 is 15.4 Å². The number of nitrogens with two attached hydrogens (primary N) is 1. The highest BCUT2D eigenvalue weighted by Gasteiger charge is 2.18. The number of aryl methyl sites for hydroxylation is 1. The fourth-order valence-corrected chi connectivity index (χ4v) is 1.00. The predicted octanol–water partition coefficient (Wildman–Crippen LogP) is -0.0988. The molecule has 1 aromatic rings. The van der Waals surface area contributed by atoms with Gasteiger partial charge in [-0.1, -0.05) is 0 Å². The topological polar surface area (TPSA) is 64.1 Å². The molecule has 4 nitrogen and oxygen atoms in total. The molecule has 1 heterocycles. The molecule has 3 N–H and O–H groups in total. The number of hydrogen-bond donors (Lipinski definition) is 2. The van der Waals surface area contributed by atoms with Gasteiger partial charge >= 0.3 is 0 Å². The first kappa shape index (κ1) is 9.22. The molecule has 68 valence electrons. The average Bonchev–Trinajstić information content (AvgIpc) is 2.36. The van der Waals surface area contributed by atoms with E-state index in [1.165, 1.54) is 0 Å². The maximum atomic E-state index is 9.65. The van der Waals surface area contributed by atoms with Crippen LogP contribution < -0.4 is 5.73 Å². The van der Waals surface area contributed by atoms with E-state index in [4.69, 9.17) is 5.73 Å². The van der Waals surface area contributed by atoms with Crippen LogP contribution in [-0.4, -0.2) is 26.8 Å². The van der Waals surface area contributed by atoms with E-state index >= 15 is 0 Å². The Morgan fingerprint density at radius 1 is 1.75 bits per heavy atom. The lowest BCUT2D eigenvalue weighted by molar-refractivity contribution is 0.0501. The molecule has 0 spiro atoms. The van der Waals surface area contributed by atoms with E-state index in [0.29, 0.717) is 6.54 Å². The van der Waals surface area contributed by atoms with Crippen LogP contribution in [0.25, 0.3) is 0 Å². The number of nitrogens with zero attached hydrogens (tertiary/aromatic N) is 2. The third kappa shape index (κ3) is 2.06. The summed E-state index contributed by atoms with van der Waals surface area (Å²) in [6.45, 7) is 4.36. The molecule has 0 radical (unpaired) electrons. The van der Waals surface area contributed by atoms with Crippen molar-refractivity contribution >= 4 is 0 Å².